The highest BCUT2D eigenvalue weighted by molar-refractivity contribution is 14.1. The molecule has 1 fully saturated rings. The molecule has 0 unspecified atom stereocenters. The van der Waals surface area contributed by atoms with Gasteiger partial charge in [-0.05, 0) is 82.3 Å². The molecule has 6 heteroatoms. The summed E-state index contributed by atoms with van der Waals surface area (Å²) in [5, 5.41) is 2.04. The van der Waals surface area contributed by atoms with E-state index in [1.165, 1.54) is 40.5 Å². The average molecular weight is 528 g/mol. The highest BCUT2D eigenvalue weighted by Crippen LogP contribution is 2.35. The Morgan fingerprint density at radius 1 is 1.00 bits per heavy atom. The Labute approximate surface area is 156 Å². The fourth-order valence-corrected chi connectivity index (χ4v) is 4.25. The van der Waals surface area contributed by atoms with E-state index in [1.807, 2.05) is 46.6 Å². The van der Waals surface area contributed by atoms with E-state index >= 15 is 0 Å². The Morgan fingerprint density at radius 2 is 1.62 bits per heavy atom. The van der Waals surface area contributed by atoms with Crippen molar-refractivity contribution in [2.75, 3.05) is 0 Å². The maximum Gasteiger partial charge on any atom is 0.226 e. The molecule has 2 aromatic heterocycles. The zero-order chi connectivity index (χ0) is 15.1. The molecule has 0 atom stereocenters. The summed E-state index contributed by atoms with van der Waals surface area (Å²) in [6, 6.07) is 7.50. The van der Waals surface area contributed by atoms with E-state index in [2.05, 4.69) is 38.6 Å². The highest BCUT2D eigenvalue weighted by atomic mass is 127. The van der Waals surface area contributed by atoms with Crippen LogP contribution in [0.2, 0.25) is 0 Å². The second-order valence-corrected chi connectivity index (χ2v) is 8.20. The standard InChI is InChI=1S/C10H12INS.C5H3FIN/c11-9-6-3-7-12-10(9)13-8-4-1-2-5-8;6-5-4(7)2-1-3-8-5/h3,6-8H,1-2,4-5H2;1-3H. The van der Waals surface area contributed by atoms with Crippen molar-refractivity contribution in [3.63, 3.8) is 0 Å². The number of pyridine rings is 2. The summed E-state index contributed by atoms with van der Waals surface area (Å²) in [5.74, 6) is -0.395. The van der Waals surface area contributed by atoms with Gasteiger partial charge < -0.3 is 0 Å². The third-order valence-corrected chi connectivity index (χ3v) is 6.41. The van der Waals surface area contributed by atoms with Gasteiger partial charge in [-0.1, -0.05) is 12.8 Å². The van der Waals surface area contributed by atoms with Crippen LogP contribution in [0.15, 0.2) is 41.7 Å². The summed E-state index contributed by atoms with van der Waals surface area (Å²) in [7, 11) is 0. The molecule has 1 aliphatic rings. The Morgan fingerprint density at radius 3 is 2.14 bits per heavy atom. The molecule has 2 aromatic rings. The lowest BCUT2D eigenvalue weighted by molar-refractivity contribution is 0.576. The summed E-state index contributed by atoms with van der Waals surface area (Å²) in [6.07, 6.45) is 8.87. The molecular weight excluding hydrogens is 513 g/mol. The number of thioether (sulfide) groups is 1. The predicted molar refractivity (Wildman–Crippen MR) is 102 cm³/mol. The summed E-state index contributed by atoms with van der Waals surface area (Å²) in [5.41, 5.74) is 0. The van der Waals surface area contributed by atoms with Gasteiger partial charge in [0.25, 0.3) is 0 Å². The molecule has 0 aromatic carbocycles. The van der Waals surface area contributed by atoms with Gasteiger partial charge in [0.05, 0.1) is 3.57 Å². The molecular formula is C15H15FI2N2S. The van der Waals surface area contributed by atoms with Crippen LogP contribution in [0, 0.1) is 13.1 Å². The predicted octanol–water partition coefficient (Wildman–Crippen LogP) is 5.55. The van der Waals surface area contributed by atoms with Crippen LogP contribution in [-0.4, -0.2) is 15.2 Å². The van der Waals surface area contributed by atoms with Crippen LogP contribution < -0.4 is 0 Å². The fourth-order valence-electron chi connectivity index (χ4n) is 1.99. The van der Waals surface area contributed by atoms with E-state index in [9.17, 15) is 4.39 Å². The van der Waals surface area contributed by atoms with Gasteiger partial charge in [-0.2, -0.15) is 4.39 Å². The first kappa shape index (κ1) is 17.4. The number of hydrogen-bond donors (Lipinski definition) is 0. The Hall–Kier alpha value is 0.0400. The molecule has 0 spiro atoms. The first-order chi connectivity index (χ1) is 10.2. The number of nitrogens with zero attached hydrogens (tertiary/aromatic N) is 2. The fraction of sp³-hybridized carbons (Fsp3) is 0.333. The molecule has 0 N–H and O–H groups in total. The molecule has 21 heavy (non-hydrogen) atoms. The highest BCUT2D eigenvalue weighted by Gasteiger charge is 2.17. The third kappa shape index (κ3) is 5.97. The van der Waals surface area contributed by atoms with Gasteiger partial charge in [-0.15, -0.1) is 11.8 Å². The quantitative estimate of drug-likeness (QED) is 0.378. The lowest BCUT2D eigenvalue weighted by Gasteiger charge is -2.08. The molecule has 0 aliphatic heterocycles. The Balaban J connectivity index is 0.000000173. The largest absolute Gasteiger partial charge is 0.249 e. The van der Waals surface area contributed by atoms with E-state index in [0.717, 1.165) is 5.25 Å². The van der Waals surface area contributed by atoms with Crippen LogP contribution in [0.5, 0.6) is 0 Å². The molecule has 112 valence electrons. The molecule has 0 bridgehead atoms. The second-order valence-electron chi connectivity index (χ2n) is 4.59. The van der Waals surface area contributed by atoms with Gasteiger partial charge in [0.1, 0.15) is 5.03 Å². The number of hydrogen-bond acceptors (Lipinski definition) is 3. The minimum atomic E-state index is -0.395. The maximum atomic E-state index is 12.2. The molecule has 0 radical (unpaired) electrons. The summed E-state index contributed by atoms with van der Waals surface area (Å²) < 4.78 is 14.0. The van der Waals surface area contributed by atoms with Crippen LogP contribution in [0.1, 0.15) is 25.7 Å². The lowest BCUT2D eigenvalue weighted by atomic mass is 10.4. The number of halogens is 3. The third-order valence-electron chi connectivity index (χ3n) is 3.02. The first-order valence-corrected chi connectivity index (χ1v) is 9.73. The van der Waals surface area contributed by atoms with E-state index < -0.39 is 5.95 Å². The SMILES string of the molecule is Fc1ncccc1I.Ic1cccnc1SC1CCCC1. The Bertz CT molecular complexity index is 556. The molecule has 1 saturated carbocycles. The monoisotopic (exact) mass is 528 g/mol. The summed E-state index contributed by atoms with van der Waals surface area (Å²) in [4.78, 5) is 7.80. The van der Waals surface area contributed by atoms with Crippen molar-refractivity contribution in [1.29, 1.82) is 0 Å². The Kier molecular flexibility index (Phi) is 7.65. The van der Waals surface area contributed by atoms with Crippen LogP contribution in [0.25, 0.3) is 0 Å². The van der Waals surface area contributed by atoms with E-state index in [0.29, 0.717) is 3.57 Å². The van der Waals surface area contributed by atoms with Crippen molar-refractivity contribution >= 4 is 56.9 Å². The lowest BCUT2D eigenvalue weighted by Crippen LogP contribution is -1.95. The average Bonchev–Trinajstić information content (AvgIpc) is 2.98. The van der Waals surface area contributed by atoms with Crippen molar-refractivity contribution in [1.82, 2.24) is 9.97 Å². The minimum absolute atomic E-state index is 0.395. The minimum Gasteiger partial charge on any atom is -0.249 e. The molecule has 0 saturated heterocycles. The van der Waals surface area contributed by atoms with Gasteiger partial charge in [0.2, 0.25) is 5.95 Å². The van der Waals surface area contributed by atoms with Crippen molar-refractivity contribution < 1.29 is 4.39 Å². The molecule has 3 rings (SSSR count). The van der Waals surface area contributed by atoms with Gasteiger partial charge >= 0.3 is 0 Å². The smallest absolute Gasteiger partial charge is 0.226 e. The first-order valence-electron chi connectivity index (χ1n) is 6.70. The van der Waals surface area contributed by atoms with E-state index in [4.69, 9.17) is 0 Å². The van der Waals surface area contributed by atoms with E-state index in [1.54, 1.807) is 12.1 Å². The maximum absolute atomic E-state index is 12.2. The number of rotatable bonds is 2. The van der Waals surface area contributed by atoms with Crippen LogP contribution in [0.4, 0.5) is 4.39 Å². The van der Waals surface area contributed by atoms with Crippen molar-refractivity contribution in [2.24, 2.45) is 0 Å². The topological polar surface area (TPSA) is 25.8 Å². The van der Waals surface area contributed by atoms with Gasteiger partial charge in [0, 0.05) is 21.2 Å². The van der Waals surface area contributed by atoms with Crippen LogP contribution in [-0.2, 0) is 0 Å². The van der Waals surface area contributed by atoms with Crippen LogP contribution >= 0.6 is 56.9 Å². The zero-order valence-corrected chi connectivity index (χ0v) is 16.4. The second kappa shape index (κ2) is 9.24. The van der Waals surface area contributed by atoms with Gasteiger partial charge in [-0.25, -0.2) is 9.97 Å². The van der Waals surface area contributed by atoms with Crippen molar-refractivity contribution in [3.8, 4) is 0 Å². The van der Waals surface area contributed by atoms with Crippen molar-refractivity contribution in [2.45, 2.75) is 36.0 Å². The summed E-state index contributed by atoms with van der Waals surface area (Å²) >= 11 is 6.21. The van der Waals surface area contributed by atoms with Gasteiger partial charge in [0.15, 0.2) is 0 Å². The normalized spacial score (nSPS) is 14.6. The van der Waals surface area contributed by atoms with Crippen LogP contribution in [0.3, 0.4) is 0 Å². The van der Waals surface area contributed by atoms with Crippen molar-refractivity contribution in [3.05, 3.63) is 49.7 Å². The molecule has 2 nitrogen and oxygen atoms in total. The number of aromatic nitrogens is 2. The van der Waals surface area contributed by atoms with Gasteiger partial charge in [-0.3, -0.25) is 0 Å². The zero-order valence-electron chi connectivity index (χ0n) is 11.3. The van der Waals surface area contributed by atoms with E-state index in [-0.39, 0.29) is 0 Å². The molecule has 2 heterocycles. The summed E-state index contributed by atoms with van der Waals surface area (Å²) in [6.45, 7) is 0. The molecule has 1 aliphatic carbocycles. The molecule has 0 amide bonds.